The van der Waals surface area contributed by atoms with E-state index in [9.17, 15) is 4.79 Å². The summed E-state index contributed by atoms with van der Waals surface area (Å²) >= 11 is 0. The van der Waals surface area contributed by atoms with Gasteiger partial charge in [-0.1, -0.05) is 42.5 Å². The van der Waals surface area contributed by atoms with Crippen molar-refractivity contribution in [2.45, 2.75) is 25.2 Å². The molecule has 1 saturated carbocycles. The van der Waals surface area contributed by atoms with Gasteiger partial charge in [0.25, 0.3) is 0 Å². The molecule has 0 atom stereocenters. The lowest BCUT2D eigenvalue weighted by Gasteiger charge is -2.17. The smallest absolute Gasteiger partial charge is 0.319 e. The first-order valence-electron chi connectivity index (χ1n) is 9.28. The number of aryl methyl sites for hydroxylation is 1. The molecule has 0 unspecified atom stereocenters. The largest absolute Gasteiger partial charge is 0.337 e. The minimum Gasteiger partial charge on any atom is -0.337 e. The summed E-state index contributed by atoms with van der Waals surface area (Å²) in [5.41, 5.74) is 5.42. The van der Waals surface area contributed by atoms with Crippen LogP contribution in [0.4, 0.5) is 10.5 Å². The van der Waals surface area contributed by atoms with Gasteiger partial charge in [-0.3, -0.25) is 4.98 Å². The second kappa shape index (κ2) is 7.23. The zero-order valence-electron chi connectivity index (χ0n) is 15.4. The molecule has 1 aromatic heterocycles. The van der Waals surface area contributed by atoms with Gasteiger partial charge in [0.15, 0.2) is 0 Å². The Hall–Kier alpha value is -3.14. The van der Waals surface area contributed by atoms with Crippen molar-refractivity contribution in [3.05, 3.63) is 84.2 Å². The van der Waals surface area contributed by atoms with E-state index < -0.39 is 0 Å². The quantitative estimate of drug-likeness (QED) is 0.682. The van der Waals surface area contributed by atoms with Crippen molar-refractivity contribution in [3.63, 3.8) is 0 Å². The number of hydrogen-bond donors (Lipinski definition) is 2. The molecular formula is C23H23N3O. The van der Waals surface area contributed by atoms with Crippen LogP contribution in [0.3, 0.4) is 0 Å². The molecule has 1 fully saturated rings. The van der Waals surface area contributed by atoms with Crippen LogP contribution in [0.1, 0.15) is 24.1 Å². The molecule has 1 heterocycles. The van der Waals surface area contributed by atoms with Crippen molar-refractivity contribution in [2.24, 2.45) is 0 Å². The summed E-state index contributed by atoms with van der Waals surface area (Å²) in [5, 5.41) is 5.95. The topological polar surface area (TPSA) is 54.0 Å². The third-order valence-corrected chi connectivity index (χ3v) is 5.20. The number of benzene rings is 2. The summed E-state index contributed by atoms with van der Waals surface area (Å²) < 4.78 is 0. The number of nitrogens with one attached hydrogen (secondary N) is 2. The molecule has 0 aliphatic heterocycles. The lowest BCUT2D eigenvalue weighted by molar-refractivity contribution is 0.251. The van der Waals surface area contributed by atoms with Gasteiger partial charge in [0.2, 0.25) is 0 Å². The standard InChI is InChI=1S/C23H23N3O/c1-17-15-19(11-14-24-17)18-7-9-21(10-8-18)26-22(27)25-16-23(12-13-23)20-5-3-2-4-6-20/h2-11,14-15H,12-13,16H2,1H3,(H2,25,26,27). The molecule has 2 aromatic carbocycles. The molecule has 4 heteroatoms. The van der Waals surface area contributed by atoms with E-state index in [1.165, 1.54) is 5.56 Å². The Bertz CT molecular complexity index is 931. The number of pyridine rings is 1. The predicted molar refractivity (Wildman–Crippen MR) is 109 cm³/mol. The molecule has 2 N–H and O–H groups in total. The molecule has 0 spiro atoms. The Morgan fingerprint density at radius 3 is 2.41 bits per heavy atom. The highest BCUT2D eigenvalue weighted by Crippen LogP contribution is 2.47. The van der Waals surface area contributed by atoms with Gasteiger partial charge in [0.1, 0.15) is 0 Å². The Kier molecular flexibility index (Phi) is 4.63. The van der Waals surface area contributed by atoms with E-state index in [1.54, 1.807) is 0 Å². The number of nitrogens with zero attached hydrogens (tertiary/aromatic N) is 1. The first-order chi connectivity index (χ1) is 13.1. The van der Waals surface area contributed by atoms with Crippen molar-refractivity contribution < 1.29 is 4.79 Å². The monoisotopic (exact) mass is 357 g/mol. The van der Waals surface area contributed by atoms with Crippen LogP contribution in [0.25, 0.3) is 11.1 Å². The number of carbonyl (C=O) groups is 1. The lowest BCUT2D eigenvalue weighted by atomic mass is 9.96. The average molecular weight is 357 g/mol. The highest BCUT2D eigenvalue weighted by Gasteiger charge is 2.44. The van der Waals surface area contributed by atoms with Gasteiger partial charge in [0.05, 0.1) is 0 Å². The molecule has 0 saturated heterocycles. The van der Waals surface area contributed by atoms with Crippen LogP contribution in [0.5, 0.6) is 0 Å². The fourth-order valence-corrected chi connectivity index (χ4v) is 3.41. The SMILES string of the molecule is Cc1cc(-c2ccc(NC(=O)NCC3(c4ccccc4)CC3)cc2)ccn1. The Labute approximate surface area is 159 Å². The van der Waals surface area contributed by atoms with Crippen LogP contribution in [-0.2, 0) is 5.41 Å². The zero-order chi connectivity index (χ0) is 18.7. The van der Waals surface area contributed by atoms with Crippen LogP contribution in [-0.4, -0.2) is 17.6 Å². The van der Waals surface area contributed by atoms with Crippen molar-refractivity contribution in [3.8, 4) is 11.1 Å². The third-order valence-electron chi connectivity index (χ3n) is 5.20. The van der Waals surface area contributed by atoms with Gasteiger partial charge < -0.3 is 10.6 Å². The summed E-state index contributed by atoms with van der Waals surface area (Å²) in [7, 11) is 0. The molecule has 27 heavy (non-hydrogen) atoms. The van der Waals surface area contributed by atoms with E-state index >= 15 is 0 Å². The summed E-state index contributed by atoms with van der Waals surface area (Å²) in [4.78, 5) is 16.5. The van der Waals surface area contributed by atoms with Crippen LogP contribution in [0.2, 0.25) is 0 Å². The molecule has 0 bridgehead atoms. The molecular weight excluding hydrogens is 334 g/mol. The van der Waals surface area contributed by atoms with E-state index in [-0.39, 0.29) is 11.4 Å². The second-order valence-electron chi connectivity index (χ2n) is 7.22. The number of carbonyl (C=O) groups excluding carboxylic acids is 1. The molecule has 1 aliphatic carbocycles. The van der Waals surface area contributed by atoms with Gasteiger partial charge >= 0.3 is 6.03 Å². The molecule has 2 amide bonds. The number of urea groups is 1. The highest BCUT2D eigenvalue weighted by molar-refractivity contribution is 5.89. The summed E-state index contributed by atoms with van der Waals surface area (Å²) in [6.07, 6.45) is 4.05. The van der Waals surface area contributed by atoms with Crippen LogP contribution in [0, 0.1) is 6.92 Å². The van der Waals surface area contributed by atoms with E-state index in [1.807, 2.05) is 55.6 Å². The normalized spacial score (nSPS) is 14.4. The maximum atomic E-state index is 12.3. The fourth-order valence-electron chi connectivity index (χ4n) is 3.41. The average Bonchev–Trinajstić information content (AvgIpc) is 3.49. The van der Waals surface area contributed by atoms with Crippen LogP contribution in [0.15, 0.2) is 72.9 Å². The van der Waals surface area contributed by atoms with Gasteiger partial charge in [-0.2, -0.15) is 0 Å². The highest BCUT2D eigenvalue weighted by atomic mass is 16.2. The van der Waals surface area contributed by atoms with Crippen molar-refractivity contribution in [1.82, 2.24) is 10.3 Å². The number of aromatic nitrogens is 1. The molecule has 1 aliphatic rings. The Morgan fingerprint density at radius 2 is 1.74 bits per heavy atom. The van der Waals surface area contributed by atoms with Crippen LogP contribution < -0.4 is 10.6 Å². The van der Waals surface area contributed by atoms with E-state index in [4.69, 9.17) is 0 Å². The van der Waals surface area contributed by atoms with Gasteiger partial charge in [-0.05, 0) is 60.7 Å². The minimum atomic E-state index is -0.162. The maximum Gasteiger partial charge on any atom is 0.319 e. The van der Waals surface area contributed by atoms with Gasteiger partial charge in [0, 0.05) is 29.5 Å². The van der Waals surface area contributed by atoms with Gasteiger partial charge in [-0.25, -0.2) is 4.79 Å². The van der Waals surface area contributed by atoms with E-state index in [0.717, 1.165) is 35.3 Å². The van der Waals surface area contributed by atoms with Crippen molar-refractivity contribution in [2.75, 3.05) is 11.9 Å². The predicted octanol–water partition coefficient (Wildman–Crippen LogP) is 4.91. The molecule has 0 radical (unpaired) electrons. The number of amides is 2. The summed E-state index contributed by atoms with van der Waals surface area (Å²) in [6.45, 7) is 2.64. The number of anilines is 1. The molecule has 4 rings (SSSR count). The Balaban J connectivity index is 1.35. The van der Waals surface area contributed by atoms with Crippen LogP contribution >= 0.6 is 0 Å². The number of hydrogen-bond acceptors (Lipinski definition) is 2. The third kappa shape index (κ3) is 4.00. The minimum absolute atomic E-state index is 0.113. The maximum absolute atomic E-state index is 12.3. The first kappa shape index (κ1) is 17.3. The summed E-state index contributed by atoms with van der Waals surface area (Å²) in [6, 6.07) is 22.2. The molecule has 4 nitrogen and oxygen atoms in total. The van der Waals surface area contributed by atoms with E-state index in [2.05, 4.69) is 39.9 Å². The fraction of sp³-hybridized carbons (Fsp3) is 0.217. The molecule has 136 valence electrons. The summed E-state index contributed by atoms with van der Waals surface area (Å²) in [5.74, 6) is 0. The Morgan fingerprint density at radius 1 is 1.00 bits per heavy atom. The lowest BCUT2D eigenvalue weighted by Crippen LogP contribution is -2.35. The molecule has 3 aromatic rings. The number of rotatable bonds is 5. The van der Waals surface area contributed by atoms with Gasteiger partial charge in [-0.15, -0.1) is 0 Å². The zero-order valence-corrected chi connectivity index (χ0v) is 15.4. The first-order valence-corrected chi connectivity index (χ1v) is 9.28. The van der Waals surface area contributed by atoms with Crippen molar-refractivity contribution >= 4 is 11.7 Å². The second-order valence-corrected chi connectivity index (χ2v) is 7.22. The van der Waals surface area contributed by atoms with E-state index in [0.29, 0.717) is 6.54 Å². The van der Waals surface area contributed by atoms with Crippen molar-refractivity contribution in [1.29, 1.82) is 0 Å².